The van der Waals surface area contributed by atoms with Gasteiger partial charge in [-0.2, -0.15) is 0 Å². The second kappa shape index (κ2) is 3.82. The van der Waals surface area contributed by atoms with Crippen molar-refractivity contribution in [2.45, 2.75) is 33.1 Å². The topological polar surface area (TPSA) is 28.7 Å². The van der Waals surface area contributed by atoms with Crippen LogP contribution >= 0.6 is 0 Å². The summed E-state index contributed by atoms with van der Waals surface area (Å²) in [7, 11) is 0. The second-order valence-corrected chi connectivity index (χ2v) is 3.61. The number of aromatic amines is 1. The van der Waals surface area contributed by atoms with Gasteiger partial charge in [0.25, 0.3) is 0 Å². The van der Waals surface area contributed by atoms with Gasteiger partial charge in [0.2, 0.25) is 0 Å². The van der Waals surface area contributed by atoms with Crippen molar-refractivity contribution in [2.24, 2.45) is 0 Å². The standard InChI is InChI=1S/C12H16N2/c1-3-5-10-9(4-2)8-14-12-11(10)6-7-13-12/h6-8H,3-5H2,1-2H3,(H,13,14). The van der Waals surface area contributed by atoms with Crippen LogP contribution in [0.4, 0.5) is 0 Å². The van der Waals surface area contributed by atoms with Crippen molar-refractivity contribution in [1.29, 1.82) is 0 Å². The van der Waals surface area contributed by atoms with Crippen molar-refractivity contribution in [2.75, 3.05) is 0 Å². The summed E-state index contributed by atoms with van der Waals surface area (Å²) in [6.45, 7) is 4.41. The molecule has 0 aliphatic rings. The quantitative estimate of drug-likeness (QED) is 0.787. The number of fused-ring (bicyclic) bond motifs is 1. The molecule has 0 saturated carbocycles. The van der Waals surface area contributed by atoms with E-state index in [0.29, 0.717) is 0 Å². The molecule has 1 N–H and O–H groups in total. The molecule has 0 spiro atoms. The number of rotatable bonds is 3. The van der Waals surface area contributed by atoms with Gasteiger partial charge < -0.3 is 4.98 Å². The molecule has 0 aromatic carbocycles. The first-order valence-corrected chi connectivity index (χ1v) is 5.30. The summed E-state index contributed by atoms with van der Waals surface area (Å²) < 4.78 is 0. The molecule has 0 saturated heterocycles. The number of nitrogens with one attached hydrogen (secondary N) is 1. The Hall–Kier alpha value is -1.31. The highest BCUT2D eigenvalue weighted by Crippen LogP contribution is 2.21. The third-order valence-corrected chi connectivity index (χ3v) is 2.67. The zero-order valence-corrected chi connectivity index (χ0v) is 8.80. The fourth-order valence-electron chi connectivity index (χ4n) is 1.95. The summed E-state index contributed by atoms with van der Waals surface area (Å²) in [4.78, 5) is 7.56. The highest BCUT2D eigenvalue weighted by Gasteiger charge is 2.06. The summed E-state index contributed by atoms with van der Waals surface area (Å²) in [5.41, 5.74) is 3.88. The van der Waals surface area contributed by atoms with Gasteiger partial charge in [-0.3, -0.25) is 0 Å². The Kier molecular flexibility index (Phi) is 2.53. The lowest BCUT2D eigenvalue weighted by molar-refractivity contribution is 0.904. The molecule has 0 aliphatic heterocycles. The molecule has 2 heterocycles. The Labute approximate surface area is 84.4 Å². The number of hydrogen-bond donors (Lipinski definition) is 1. The van der Waals surface area contributed by atoms with Crippen LogP contribution in [-0.4, -0.2) is 9.97 Å². The van der Waals surface area contributed by atoms with Crippen molar-refractivity contribution in [3.05, 3.63) is 29.6 Å². The van der Waals surface area contributed by atoms with E-state index in [1.54, 1.807) is 0 Å². The van der Waals surface area contributed by atoms with Gasteiger partial charge in [0.1, 0.15) is 5.65 Å². The fourth-order valence-corrected chi connectivity index (χ4v) is 1.95. The van der Waals surface area contributed by atoms with Gasteiger partial charge in [-0.05, 0) is 30.0 Å². The average molecular weight is 188 g/mol. The molecule has 2 heteroatoms. The van der Waals surface area contributed by atoms with E-state index in [1.807, 2.05) is 12.4 Å². The van der Waals surface area contributed by atoms with Crippen molar-refractivity contribution < 1.29 is 0 Å². The maximum absolute atomic E-state index is 4.40. The van der Waals surface area contributed by atoms with Crippen LogP contribution in [0.25, 0.3) is 11.0 Å². The molecule has 0 atom stereocenters. The minimum Gasteiger partial charge on any atom is -0.346 e. The van der Waals surface area contributed by atoms with E-state index in [1.165, 1.54) is 22.9 Å². The molecule has 0 aliphatic carbocycles. The average Bonchev–Trinajstić information content (AvgIpc) is 2.67. The second-order valence-electron chi connectivity index (χ2n) is 3.61. The summed E-state index contributed by atoms with van der Waals surface area (Å²) >= 11 is 0. The van der Waals surface area contributed by atoms with Crippen LogP contribution in [0.5, 0.6) is 0 Å². The number of aryl methyl sites for hydroxylation is 2. The Morgan fingerprint density at radius 3 is 2.93 bits per heavy atom. The molecular formula is C12H16N2. The van der Waals surface area contributed by atoms with E-state index in [2.05, 4.69) is 29.9 Å². The molecule has 14 heavy (non-hydrogen) atoms. The van der Waals surface area contributed by atoms with Gasteiger partial charge in [0.05, 0.1) is 0 Å². The number of aromatic nitrogens is 2. The van der Waals surface area contributed by atoms with Gasteiger partial charge in [-0.1, -0.05) is 20.3 Å². The van der Waals surface area contributed by atoms with Crippen molar-refractivity contribution in [3.8, 4) is 0 Å². The van der Waals surface area contributed by atoms with Crippen molar-refractivity contribution >= 4 is 11.0 Å². The molecule has 2 rings (SSSR count). The van der Waals surface area contributed by atoms with Crippen LogP contribution in [0.15, 0.2) is 18.5 Å². The number of H-pyrrole nitrogens is 1. The Morgan fingerprint density at radius 1 is 1.36 bits per heavy atom. The van der Waals surface area contributed by atoms with Crippen LogP contribution in [-0.2, 0) is 12.8 Å². The van der Waals surface area contributed by atoms with Crippen LogP contribution in [0.1, 0.15) is 31.4 Å². The third kappa shape index (κ3) is 1.41. The first-order valence-electron chi connectivity index (χ1n) is 5.30. The van der Waals surface area contributed by atoms with E-state index in [0.717, 1.165) is 18.5 Å². The Morgan fingerprint density at radius 2 is 2.21 bits per heavy atom. The normalized spacial score (nSPS) is 11.0. The summed E-state index contributed by atoms with van der Waals surface area (Å²) in [6.07, 6.45) is 7.39. The maximum Gasteiger partial charge on any atom is 0.137 e. The zero-order chi connectivity index (χ0) is 9.97. The maximum atomic E-state index is 4.40. The molecule has 0 amide bonds. The fraction of sp³-hybridized carbons (Fsp3) is 0.417. The Bertz CT molecular complexity index is 429. The first-order chi connectivity index (χ1) is 6.86. The smallest absolute Gasteiger partial charge is 0.137 e. The van der Waals surface area contributed by atoms with Crippen LogP contribution in [0, 0.1) is 0 Å². The molecule has 0 radical (unpaired) electrons. The largest absolute Gasteiger partial charge is 0.346 e. The highest BCUT2D eigenvalue weighted by molar-refractivity contribution is 5.80. The van der Waals surface area contributed by atoms with Gasteiger partial charge in [-0.15, -0.1) is 0 Å². The van der Waals surface area contributed by atoms with Crippen molar-refractivity contribution in [1.82, 2.24) is 9.97 Å². The summed E-state index contributed by atoms with van der Waals surface area (Å²) in [6, 6.07) is 2.13. The van der Waals surface area contributed by atoms with E-state index < -0.39 is 0 Å². The molecule has 2 aromatic rings. The van der Waals surface area contributed by atoms with E-state index in [4.69, 9.17) is 0 Å². The van der Waals surface area contributed by atoms with Crippen molar-refractivity contribution in [3.63, 3.8) is 0 Å². The monoisotopic (exact) mass is 188 g/mol. The summed E-state index contributed by atoms with van der Waals surface area (Å²) in [5.74, 6) is 0. The van der Waals surface area contributed by atoms with Crippen LogP contribution in [0.3, 0.4) is 0 Å². The highest BCUT2D eigenvalue weighted by atomic mass is 14.8. The number of pyridine rings is 1. The molecular weight excluding hydrogens is 172 g/mol. The van der Waals surface area contributed by atoms with E-state index >= 15 is 0 Å². The van der Waals surface area contributed by atoms with Gasteiger partial charge in [0.15, 0.2) is 0 Å². The predicted octanol–water partition coefficient (Wildman–Crippen LogP) is 3.08. The molecule has 2 aromatic heterocycles. The molecule has 0 unspecified atom stereocenters. The Balaban J connectivity index is 2.62. The molecule has 2 nitrogen and oxygen atoms in total. The molecule has 74 valence electrons. The molecule has 0 bridgehead atoms. The minimum absolute atomic E-state index is 1.02. The van der Waals surface area contributed by atoms with Crippen LogP contribution in [0.2, 0.25) is 0 Å². The van der Waals surface area contributed by atoms with Crippen LogP contribution < -0.4 is 0 Å². The lowest BCUT2D eigenvalue weighted by atomic mass is 10.0. The third-order valence-electron chi connectivity index (χ3n) is 2.67. The summed E-state index contributed by atoms with van der Waals surface area (Å²) in [5, 5.41) is 1.30. The zero-order valence-electron chi connectivity index (χ0n) is 8.80. The SMILES string of the molecule is CCCc1c(CC)cnc2[nH]ccc12. The first kappa shape index (κ1) is 9.25. The molecule has 0 fully saturated rings. The van der Waals surface area contributed by atoms with Gasteiger partial charge in [0, 0.05) is 17.8 Å². The lowest BCUT2D eigenvalue weighted by Crippen LogP contribution is -1.95. The minimum atomic E-state index is 1.02. The number of nitrogens with zero attached hydrogens (tertiary/aromatic N) is 1. The van der Waals surface area contributed by atoms with Gasteiger partial charge in [-0.25, -0.2) is 4.98 Å². The van der Waals surface area contributed by atoms with E-state index in [9.17, 15) is 0 Å². The van der Waals surface area contributed by atoms with E-state index in [-0.39, 0.29) is 0 Å². The lowest BCUT2D eigenvalue weighted by Gasteiger charge is -2.07. The van der Waals surface area contributed by atoms with Gasteiger partial charge >= 0.3 is 0 Å². The predicted molar refractivity (Wildman–Crippen MR) is 59.5 cm³/mol. The number of hydrogen-bond acceptors (Lipinski definition) is 1.